The molecule has 1 aliphatic rings. The van der Waals surface area contributed by atoms with Gasteiger partial charge in [0, 0.05) is 26.8 Å². The van der Waals surface area contributed by atoms with E-state index >= 15 is 0 Å². The number of hydrogen-bond donors (Lipinski definition) is 1. The Bertz CT molecular complexity index is 133. The van der Waals surface area contributed by atoms with Crippen LogP contribution in [0, 0.1) is 5.92 Å². The predicted octanol–water partition coefficient (Wildman–Crippen LogP) is 1.07. The maximum absolute atomic E-state index is 8.80. The van der Waals surface area contributed by atoms with Gasteiger partial charge in [-0.25, -0.2) is 0 Å². The van der Waals surface area contributed by atoms with Crippen molar-refractivity contribution in [3.8, 4) is 0 Å². The number of hydrogen-bond acceptors (Lipinski definition) is 3. The molecule has 13 heavy (non-hydrogen) atoms. The zero-order valence-corrected chi connectivity index (χ0v) is 8.70. The van der Waals surface area contributed by atoms with E-state index in [1.165, 1.54) is 12.8 Å². The average Bonchev–Trinajstić information content (AvgIpc) is 2.18. The first-order valence-corrected chi connectivity index (χ1v) is 5.15. The standard InChI is InChI=1S/C10H21NO2/c1-9(13-2)11-6-3-10(4-7-11)5-8-12/h9-10,12H,3-8H2,1-2H3. The van der Waals surface area contributed by atoms with E-state index < -0.39 is 0 Å². The van der Waals surface area contributed by atoms with Crippen LogP contribution in [0.4, 0.5) is 0 Å². The second-order valence-corrected chi connectivity index (χ2v) is 3.83. The van der Waals surface area contributed by atoms with Gasteiger partial charge in [-0.2, -0.15) is 0 Å². The molecule has 78 valence electrons. The van der Waals surface area contributed by atoms with Crippen molar-refractivity contribution >= 4 is 0 Å². The number of ether oxygens (including phenoxy) is 1. The van der Waals surface area contributed by atoms with Gasteiger partial charge < -0.3 is 9.84 Å². The maximum atomic E-state index is 8.80. The molecule has 0 aliphatic carbocycles. The van der Waals surface area contributed by atoms with E-state index in [1.54, 1.807) is 7.11 Å². The van der Waals surface area contributed by atoms with E-state index in [-0.39, 0.29) is 6.23 Å². The summed E-state index contributed by atoms with van der Waals surface area (Å²) in [5.74, 6) is 0.727. The van der Waals surface area contributed by atoms with Crippen LogP contribution in [-0.4, -0.2) is 43.0 Å². The number of likely N-dealkylation sites (tertiary alicyclic amines) is 1. The summed E-state index contributed by atoms with van der Waals surface area (Å²) < 4.78 is 5.26. The molecule has 0 spiro atoms. The van der Waals surface area contributed by atoms with Crippen LogP contribution < -0.4 is 0 Å². The van der Waals surface area contributed by atoms with Crippen LogP contribution in [0.2, 0.25) is 0 Å². The Morgan fingerprint density at radius 1 is 1.46 bits per heavy atom. The largest absolute Gasteiger partial charge is 0.396 e. The summed E-state index contributed by atoms with van der Waals surface area (Å²) in [7, 11) is 1.75. The molecule has 1 atom stereocenters. The van der Waals surface area contributed by atoms with Crippen LogP contribution in [0.3, 0.4) is 0 Å². The molecule has 1 N–H and O–H groups in total. The van der Waals surface area contributed by atoms with Crippen molar-refractivity contribution in [2.24, 2.45) is 5.92 Å². The fourth-order valence-corrected chi connectivity index (χ4v) is 1.94. The third kappa shape index (κ3) is 3.25. The van der Waals surface area contributed by atoms with Crippen molar-refractivity contribution in [3.05, 3.63) is 0 Å². The topological polar surface area (TPSA) is 32.7 Å². The fraction of sp³-hybridized carbons (Fsp3) is 1.00. The third-order valence-electron chi connectivity index (χ3n) is 3.04. The number of rotatable bonds is 4. The van der Waals surface area contributed by atoms with Crippen molar-refractivity contribution < 1.29 is 9.84 Å². The van der Waals surface area contributed by atoms with Crippen molar-refractivity contribution in [3.63, 3.8) is 0 Å². The summed E-state index contributed by atoms with van der Waals surface area (Å²) in [6.07, 6.45) is 3.62. The smallest absolute Gasteiger partial charge is 0.107 e. The Morgan fingerprint density at radius 2 is 2.08 bits per heavy atom. The molecule has 3 heteroatoms. The van der Waals surface area contributed by atoms with Gasteiger partial charge in [0.15, 0.2) is 0 Å². The Kier molecular flexibility index (Phi) is 4.70. The summed E-state index contributed by atoms with van der Waals surface area (Å²) in [6, 6.07) is 0. The lowest BCUT2D eigenvalue weighted by Crippen LogP contribution is -2.40. The highest BCUT2D eigenvalue weighted by Gasteiger charge is 2.21. The molecular formula is C10H21NO2. The van der Waals surface area contributed by atoms with Gasteiger partial charge in [0.25, 0.3) is 0 Å². The maximum Gasteiger partial charge on any atom is 0.107 e. The van der Waals surface area contributed by atoms with Crippen LogP contribution in [0.25, 0.3) is 0 Å². The highest BCUT2D eigenvalue weighted by molar-refractivity contribution is 4.72. The minimum Gasteiger partial charge on any atom is -0.396 e. The number of methoxy groups -OCH3 is 1. The molecule has 0 bridgehead atoms. The minimum atomic E-state index is 0.245. The van der Waals surface area contributed by atoms with Gasteiger partial charge in [0.05, 0.1) is 0 Å². The summed E-state index contributed by atoms with van der Waals surface area (Å²) in [6.45, 7) is 4.65. The monoisotopic (exact) mass is 187 g/mol. The van der Waals surface area contributed by atoms with Gasteiger partial charge in [-0.15, -0.1) is 0 Å². The quantitative estimate of drug-likeness (QED) is 0.714. The number of piperidine rings is 1. The molecule has 0 saturated carbocycles. The number of nitrogens with zero attached hydrogens (tertiary/aromatic N) is 1. The van der Waals surface area contributed by atoms with E-state index in [0.717, 1.165) is 25.4 Å². The van der Waals surface area contributed by atoms with Gasteiger partial charge in [-0.3, -0.25) is 4.90 Å². The molecule has 3 nitrogen and oxygen atoms in total. The van der Waals surface area contributed by atoms with Gasteiger partial charge in [0.1, 0.15) is 6.23 Å². The normalized spacial score (nSPS) is 23.3. The first-order valence-electron chi connectivity index (χ1n) is 5.15. The van der Waals surface area contributed by atoms with Crippen molar-refractivity contribution in [1.82, 2.24) is 4.90 Å². The van der Waals surface area contributed by atoms with Gasteiger partial charge in [-0.1, -0.05) is 0 Å². The van der Waals surface area contributed by atoms with Crippen LogP contribution in [0.15, 0.2) is 0 Å². The van der Waals surface area contributed by atoms with Gasteiger partial charge >= 0.3 is 0 Å². The molecule has 0 aromatic rings. The van der Waals surface area contributed by atoms with E-state index in [9.17, 15) is 0 Å². The Morgan fingerprint density at radius 3 is 2.54 bits per heavy atom. The minimum absolute atomic E-state index is 0.245. The first kappa shape index (κ1) is 11.0. The highest BCUT2D eigenvalue weighted by atomic mass is 16.5. The lowest BCUT2D eigenvalue weighted by molar-refractivity contribution is -0.0364. The van der Waals surface area contributed by atoms with Gasteiger partial charge in [-0.05, 0) is 32.1 Å². The molecule has 0 amide bonds. The molecule has 1 rings (SSSR count). The first-order chi connectivity index (χ1) is 6.27. The van der Waals surface area contributed by atoms with Gasteiger partial charge in [0.2, 0.25) is 0 Å². The van der Waals surface area contributed by atoms with Crippen molar-refractivity contribution in [2.45, 2.75) is 32.4 Å². The zero-order chi connectivity index (χ0) is 9.68. The Labute approximate surface area is 80.7 Å². The lowest BCUT2D eigenvalue weighted by atomic mass is 9.94. The predicted molar refractivity (Wildman–Crippen MR) is 52.5 cm³/mol. The van der Waals surface area contributed by atoms with Crippen LogP contribution in [0.1, 0.15) is 26.2 Å². The summed E-state index contributed by atoms with van der Waals surface area (Å²) in [4.78, 5) is 2.36. The van der Waals surface area contributed by atoms with E-state index in [1.807, 2.05) is 0 Å². The SMILES string of the molecule is COC(C)N1CCC(CCO)CC1. The molecule has 1 heterocycles. The second kappa shape index (κ2) is 5.58. The third-order valence-corrected chi connectivity index (χ3v) is 3.04. The summed E-state index contributed by atoms with van der Waals surface area (Å²) in [5, 5.41) is 8.80. The lowest BCUT2D eigenvalue weighted by Gasteiger charge is -2.34. The Hall–Kier alpha value is -0.120. The summed E-state index contributed by atoms with van der Waals surface area (Å²) >= 11 is 0. The highest BCUT2D eigenvalue weighted by Crippen LogP contribution is 2.21. The Balaban J connectivity index is 2.22. The number of aliphatic hydroxyl groups is 1. The molecule has 1 fully saturated rings. The van der Waals surface area contributed by atoms with Crippen molar-refractivity contribution in [1.29, 1.82) is 0 Å². The average molecular weight is 187 g/mol. The summed E-state index contributed by atoms with van der Waals surface area (Å²) in [5.41, 5.74) is 0. The molecule has 1 saturated heterocycles. The molecule has 0 aromatic heterocycles. The van der Waals surface area contributed by atoms with Crippen LogP contribution in [-0.2, 0) is 4.74 Å². The fourth-order valence-electron chi connectivity index (χ4n) is 1.94. The van der Waals surface area contributed by atoms with Crippen LogP contribution >= 0.6 is 0 Å². The zero-order valence-electron chi connectivity index (χ0n) is 8.70. The molecule has 0 aromatic carbocycles. The molecular weight excluding hydrogens is 166 g/mol. The number of aliphatic hydroxyl groups excluding tert-OH is 1. The van der Waals surface area contributed by atoms with E-state index in [4.69, 9.17) is 9.84 Å². The van der Waals surface area contributed by atoms with Crippen molar-refractivity contribution in [2.75, 3.05) is 26.8 Å². The molecule has 0 radical (unpaired) electrons. The second-order valence-electron chi connectivity index (χ2n) is 3.83. The molecule has 1 aliphatic heterocycles. The van der Waals surface area contributed by atoms with E-state index in [2.05, 4.69) is 11.8 Å². The molecule has 1 unspecified atom stereocenters. The van der Waals surface area contributed by atoms with E-state index in [0.29, 0.717) is 6.61 Å². The van der Waals surface area contributed by atoms with Crippen LogP contribution in [0.5, 0.6) is 0 Å².